The maximum atomic E-state index is 14.6. The fourth-order valence-corrected chi connectivity index (χ4v) is 7.29. The van der Waals surface area contributed by atoms with Crippen molar-refractivity contribution in [3.05, 3.63) is 151 Å². The molecule has 7 rings (SSSR count). The maximum absolute atomic E-state index is 14.6. The summed E-state index contributed by atoms with van der Waals surface area (Å²) in [7, 11) is 3.10. The van der Waals surface area contributed by atoms with Crippen LogP contribution in [0.2, 0.25) is 0 Å². The molecule has 0 amide bonds. The number of ether oxygens (including phenoxy) is 4. The summed E-state index contributed by atoms with van der Waals surface area (Å²) < 4.78 is 40.3. The third kappa shape index (κ3) is 6.55. The second-order valence-corrected chi connectivity index (χ2v) is 12.6. The van der Waals surface area contributed by atoms with Gasteiger partial charge < -0.3 is 23.5 Å². The zero-order valence-corrected chi connectivity index (χ0v) is 29.0. The van der Waals surface area contributed by atoms with E-state index >= 15 is 0 Å². The summed E-state index contributed by atoms with van der Waals surface area (Å²) in [5.41, 5.74) is 3.36. The van der Waals surface area contributed by atoms with Gasteiger partial charge in [-0.2, -0.15) is 0 Å². The number of esters is 1. The van der Waals surface area contributed by atoms with E-state index in [1.54, 1.807) is 56.0 Å². The van der Waals surface area contributed by atoms with Gasteiger partial charge in [0.25, 0.3) is 5.56 Å². The summed E-state index contributed by atoms with van der Waals surface area (Å²) in [6, 6.07) is 27.6. The molecule has 0 spiro atoms. The Kier molecular flexibility index (Phi) is 9.54. The first-order valence-electron chi connectivity index (χ1n) is 16.4. The van der Waals surface area contributed by atoms with Crippen molar-refractivity contribution in [3.8, 4) is 17.2 Å². The molecule has 258 valence electrons. The van der Waals surface area contributed by atoms with Gasteiger partial charge in [0.1, 0.15) is 35.7 Å². The van der Waals surface area contributed by atoms with Crippen LogP contribution in [0.3, 0.4) is 0 Å². The molecule has 1 atom stereocenters. The third-order valence-electron chi connectivity index (χ3n) is 8.63. The highest BCUT2D eigenvalue weighted by Gasteiger charge is 2.37. The molecule has 1 aliphatic heterocycles. The first-order valence-corrected chi connectivity index (χ1v) is 17.2. The standard InChI is InChI=1S/C40H34FN3O6S/c1-4-49-39(46)35-36(25-10-6-5-7-11-25)42-40-44(37(35)31-23-29(47-2)18-19-33(31)48-3)38(45)34(51-40)22-26-24-43(32-13-9-8-12-30(26)32)20-21-50-28-16-14-27(41)15-17-28/h5-19,22-24,37H,4,20-21H2,1-3H3/b34-22-/t37-/m0/s1. The summed E-state index contributed by atoms with van der Waals surface area (Å²) in [5, 5.41) is 0.952. The Hall–Kier alpha value is -5.94. The van der Waals surface area contributed by atoms with Crippen molar-refractivity contribution in [2.24, 2.45) is 4.99 Å². The molecule has 0 N–H and O–H groups in total. The predicted octanol–water partition coefficient (Wildman–Crippen LogP) is 6.13. The van der Waals surface area contributed by atoms with Gasteiger partial charge >= 0.3 is 5.97 Å². The molecule has 2 aromatic heterocycles. The van der Waals surface area contributed by atoms with Gasteiger partial charge in [-0.1, -0.05) is 59.9 Å². The Morgan fingerprint density at radius 3 is 2.43 bits per heavy atom. The smallest absolute Gasteiger partial charge is 0.338 e. The number of benzene rings is 4. The number of para-hydroxylation sites is 1. The van der Waals surface area contributed by atoms with Crippen LogP contribution in [0.15, 0.2) is 119 Å². The van der Waals surface area contributed by atoms with Crippen molar-refractivity contribution < 1.29 is 28.1 Å². The fraction of sp³-hybridized carbons (Fsp3) is 0.175. The molecule has 3 heterocycles. The number of aromatic nitrogens is 2. The summed E-state index contributed by atoms with van der Waals surface area (Å²) in [5.74, 6) is 0.669. The summed E-state index contributed by atoms with van der Waals surface area (Å²) >= 11 is 1.24. The van der Waals surface area contributed by atoms with Gasteiger partial charge in [-0.15, -0.1) is 0 Å². The van der Waals surface area contributed by atoms with Crippen LogP contribution in [-0.4, -0.2) is 42.5 Å². The highest BCUT2D eigenvalue weighted by molar-refractivity contribution is 7.07. The van der Waals surface area contributed by atoms with E-state index in [-0.39, 0.29) is 23.6 Å². The van der Waals surface area contributed by atoms with Crippen LogP contribution in [0, 0.1) is 5.82 Å². The minimum atomic E-state index is -0.937. The first kappa shape index (κ1) is 33.6. The molecule has 0 fully saturated rings. The monoisotopic (exact) mass is 703 g/mol. The lowest BCUT2D eigenvalue weighted by Gasteiger charge is -2.27. The molecule has 4 aromatic carbocycles. The molecular weight excluding hydrogens is 670 g/mol. The number of halogens is 1. The van der Waals surface area contributed by atoms with Crippen LogP contribution in [0.5, 0.6) is 17.2 Å². The van der Waals surface area contributed by atoms with Crippen LogP contribution < -0.4 is 29.1 Å². The average molecular weight is 704 g/mol. The van der Waals surface area contributed by atoms with Crippen LogP contribution in [0.4, 0.5) is 4.39 Å². The van der Waals surface area contributed by atoms with E-state index in [0.29, 0.717) is 56.6 Å². The Labute approximate surface area is 296 Å². The number of rotatable bonds is 11. The van der Waals surface area contributed by atoms with Crippen molar-refractivity contribution >= 4 is 40.0 Å². The van der Waals surface area contributed by atoms with Gasteiger partial charge in [-0.25, -0.2) is 14.2 Å². The molecular formula is C40H34FN3O6S. The van der Waals surface area contributed by atoms with Crippen molar-refractivity contribution in [3.63, 3.8) is 0 Å². The molecule has 0 aliphatic carbocycles. The average Bonchev–Trinajstić information content (AvgIpc) is 3.67. The van der Waals surface area contributed by atoms with Crippen LogP contribution in [0.25, 0.3) is 22.7 Å². The zero-order valence-electron chi connectivity index (χ0n) is 28.2. The van der Waals surface area contributed by atoms with Crippen LogP contribution in [-0.2, 0) is 16.1 Å². The van der Waals surface area contributed by atoms with E-state index in [1.807, 2.05) is 66.9 Å². The van der Waals surface area contributed by atoms with Crippen molar-refractivity contribution in [1.29, 1.82) is 0 Å². The van der Waals surface area contributed by atoms with Crippen LogP contribution >= 0.6 is 11.3 Å². The van der Waals surface area contributed by atoms with E-state index in [4.69, 9.17) is 23.9 Å². The molecule has 9 nitrogen and oxygen atoms in total. The molecule has 0 saturated heterocycles. The Morgan fingerprint density at radius 2 is 1.69 bits per heavy atom. The number of nitrogens with zero attached hydrogens (tertiary/aromatic N) is 3. The lowest BCUT2D eigenvalue weighted by atomic mass is 9.92. The van der Waals surface area contributed by atoms with E-state index in [2.05, 4.69) is 4.57 Å². The lowest BCUT2D eigenvalue weighted by molar-refractivity contribution is -0.138. The number of carbonyl (C=O) groups is 1. The quantitative estimate of drug-likeness (QED) is 0.151. The SMILES string of the molecule is CCOC(=O)C1=C(c2ccccc2)N=c2s/c(=C\c3cn(CCOc4ccc(F)cc4)c4ccccc34)c(=O)n2[C@H]1c1cc(OC)ccc1OC. The molecule has 0 saturated carbocycles. The first-order chi connectivity index (χ1) is 24.9. The van der Waals surface area contributed by atoms with Crippen LogP contribution in [0.1, 0.15) is 29.7 Å². The molecule has 0 bridgehead atoms. The minimum absolute atomic E-state index is 0.135. The van der Waals surface area contributed by atoms with Crippen molar-refractivity contribution in [1.82, 2.24) is 9.13 Å². The van der Waals surface area contributed by atoms with Gasteiger partial charge in [0, 0.05) is 33.8 Å². The highest BCUT2D eigenvalue weighted by Crippen LogP contribution is 2.40. The molecule has 0 unspecified atom stereocenters. The third-order valence-corrected chi connectivity index (χ3v) is 9.61. The number of thiazole rings is 1. The van der Waals surface area contributed by atoms with Gasteiger partial charge in [0.05, 0.1) is 43.2 Å². The Morgan fingerprint density at radius 1 is 0.941 bits per heavy atom. The second-order valence-electron chi connectivity index (χ2n) is 11.6. The summed E-state index contributed by atoms with van der Waals surface area (Å²) in [6.07, 6.45) is 3.85. The van der Waals surface area contributed by atoms with E-state index in [0.717, 1.165) is 16.5 Å². The van der Waals surface area contributed by atoms with Gasteiger partial charge in [0.15, 0.2) is 4.80 Å². The number of methoxy groups -OCH3 is 2. The summed E-state index contributed by atoms with van der Waals surface area (Å²) in [6.45, 7) is 2.75. The normalized spacial score (nSPS) is 14.3. The van der Waals surface area contributed by atoms with Crippen molar-refractivity contribution in [2.45, 2.75) is 19.5 Å². The number of carbonyl (C=O) groups excluding carboxylic acids is 1. The maximum Gasteiger partial charge on any atom is 0.338 e. The molecule has 11 heteroatoms. The lowest BCUT2D eigenvalue weighted by Crippen LogP contribution is -2.40. The van der Waals surface area contributed by atoms with Gasteiger partial charge in [-0.05, 0) is 61.5 Å². The summed E-state index contributed by atoms with van der Waals surface area (Å²) in [4.78, 5) is 33.9. The molecule has 1 aliphatic rings. The Balaban J connectivity index is 1.40. The largest absolute Gasteiger partial charge is 0.497 e. The zero-order chi connectivity index (χ0) is 35.5. The predicted molar refractivity (Wildman–Crippen MR) is 194 cm³/mol. The highest BCUT2D eigenvalue weighted by atomic mass is 32.1. The van der Waals surface area contributed by atoms with E-state index in [1.165, 1.54) is 23.5 Å². The van der Waals surface area contributed by atoms with Crippen molar-refractivity contribution in [2.75, 3.05) is 27.4 Å². The Bertz CT molecular complexity index is 2450. The molecule has 0 radical (unpaired) electrons. The van der Waals surface area contributed by atoms with E-state index < -0.39 is 12.0 Å². The minimum Gasteiger partial charge on any atom is -0.497 e. The molecule has 51 heavy (non-hydrogen) atoms. The number of hydrogen-bond donors (Lipinski definition) is 0. The van der Waals surface area contributed by atoms with E-state index in [9.17, 15) is 14.0 Å². The van der Waals surface area contributed by atoms with Gasteiger partial charge in [0.2, 0.25) is 0 Å². The fourth-order valence-electron chi connectivity index (χ4n) is 6.30. The second kappa shape index (κ2) is 14.5. The van der Waals surface area contributed by atoms with Gasteiger partial charge in [-0.3, -0.25) is 9.36 Å². The number of hydrogen-bond acceptors (Lipinski definition) is 8. The molecule has 6 aromatic rings. The topological polar surface area (TPSA) is 93.3 Å². The number of fused-ring (bicyclic) bond motifs is 2.